The number of hydrogen-bond acceptors (Lipinski definition) is 5. The Hall–Kier alpha value is -2.25. The zero-order valence-corrected chi connectivity index (χ0v) is 12.2. The molecular formula is C14H15N3O3S. The molecule has 2 rings (SSSR count). The predicted octanol–water partition coefficient (Wildman–Crippen LogP) is 2.86. The number of nitro benzene ring substituents is 1. The number of rotatable bonds is 5. The average Bonchev–Trinajstić information content (AvgIpc) is 3.00. The van der Waals surface area contributed by atoms with E-state index in [4.69, 9.17) is 5.73 Å². The van der Waals surface area contributed by atoms with Crippen molar-refractivity contribution in [3.8, 4) is 0 Å². The highest BCUT2D eigenvalue weighted by Gasteiger charge is 2.19. The molecule has 0 aliphatic heterocycles. The lowest BCUT2D eigenvalue weighted by Gasteiger charge is -2.11. The molecule has 1 unspecified atom stereocenters. The number of aryl methyl sites for hydroxylation is 1. The fourth-order valence-corrected chi connectivity index (χ4v) is 2.65. The number of nitrogens with two attached hydrogens (primary N) is 1. The zero-order valence-electron chi connectivity index (χ0n) is 11.4. The van der Waals surface area contributed by atoms with Gasteiger partial charge in [-0.25, -0.2) is 0 Å². The number of nitrogens with one attached hydrogen (secondary N) is 1. The predicted molar refractivity (Wildman–Crippen MR) is 82.4 cm³/mol. The average molecular weight is 305 g/mol. The Balaban J connectivity index is 2.18. The van der Waals surface area contributed by atoms with E-state index in [0.29, 0.717) is 17.7 Å². The molecule has 7 heteroatoms. The topological polar surface area (TPSA) is 98.3 Å². The van der Waals surface area contributed by atoms with Gasteiger partial charge in [-0.3, -0.25) is 14.9 Å². The number of anilines is 1. The van der Waals surface area contributed by atoms with Crippen molar-refractivity contribution in [1.29, 1.82) is 0 Å². The summed E-state index contributed by atoms with van der Waals surface area (Å²) < 4.78 is 0. The highest BCUT2D eigenvalue weighted by molar-refractivity contribution is 7.10. The molecular weight excluding hydrogens is 290 g/mol. The summed E-state index contributed by atoms with van der Waals surface area (Å²) in [6, 6.07) is 7.45. The molecule has 0 spiro atoms. The van der Waals surface area contributed by atoms with Crippen molar-refractivity contribution in [1.82, 2.24) is 0 Å². The number of nitrogens with zero attached hydrogens (tertiary/aromatic N) is 1. The van der Waals surface area contributed by atoms with Crippen molar-refractivity contribution in [3.63, 3.8) is 0 Å². The number of thiophene rings is 1. The van der Waals surface area contributed by atoms with Gasteiger partial charge in [0.15, 0.2) is 0 Å². The van der Waals surface area contributed by atoms with Crippen LogP contribution in [0, 0.1) is 10.1 Å². The summed E-state index contributed by atoms with van der Waals surface area (Å²) in [5, 5.41) is 15.5. The van der Waals surface area contributed by atoms with Gasteiger partial charge >= 0.3 is 0 Å². The number of carbonyl (C=O) groups excluding carboxylic acids is 1. The van der Waals surface area contributed by atoms with Crippen LogP contribution in [-0.2, 0) is 11.2 Å². The second-order valence-electron chi connectivity index (χ2n) is 4.44. The zero-order chi connectivity index (χ0) is 15.4. The molecule has 110 valence electrons. The molecule has 3 N–H and O–H groups in total. The summed E-state index contributed by atoms with van der Waals surface area (Å²) in [7, 11) is 0. The van der Waals surface area contributed by atoms with Gasteiger partial charge in [0.25, 0.3) is 5.69 Å². The SMILES string of the molecule is CCc1ccc(NC(=O)C(N)c2cccs2)cc1[N+](=O)[O-]. The molecule has 2 aromatic rings. The van der Waals surface area contributed by atoms with Gasteiger partial charge in [0.05, 0.1) is 4.92 Å². The standard InChI is InChI=1S/C14H15N3O3S/c1-2-9-5-6-10(8-11(9)17(19)20)16-14(18)13(15)12-4-3-7-21-12/h3-8,13H,2,15H2,1H3,(H,16,18). The third kappa shape index (κ3) is 3.45. The summed E-state index contributed by atoms with van der Waals surface area (Å²) in [6.45, 7) is 1.84. The third-order valence-corrected chi connectivity index (χ3v) is 4.02. The number of carbonyl (C=O) groups is 1. The first-order chi connectivity index (χ1) is 10.0. The Bertz CT molecular complexity index is 655. The molecule has 21 heavy (non-hydrogen) atoms. The summed E-state index contributed by atoms with van der Waals surface area (Å²) in [5.41, 5.74) is 6.85. The van der Waals surface area contributed by atoms with Crippen LogP contribution in [0.5, 0.6) is 0 Å². The summed E-state index contributed by atoms with van der Waals surface area (Å²) in [4.78, 5) is 23.3. The van der Waals surface area contributed by atoms with Gasteiger partial charge < -0.3 is 11.1 Å². The molecule has 0 saturated carbocycles. The second-order valence-corrected chi connectivity index (χ2v) is 5.42. The van der Waals surface area contributed by atoms with E-state index in [9.17, 15) is 14.9 Å². The summed E-state index contributed by atoms with van der Waals surface area (Å²) in [5.74, 6) is -0.393. The van der Waals surface area contributed by atoms with Crippen LogP contribution >= 0.6 is 11.3 Å². The van der Waals surface area contributed by atoms with Gasteiger partial charge in [-0.15, -0.1) is 11.3 Å². The minimum absolute atomic E-state index is 0.00000459. The summed E-state index contributed by atoms with van der Waals surface area (Å²) in [6.07, 6.45) is 0.555. The molecule has 1 aromatic carbocycles. The first-order valence-corrected chi connectivity index (χ1v) is 7.28. The molecule has 0 aliphatic rings. The van der Waals surface area contributed by atoms with E-state index < -0.39 is 16.9 Å². The van der Waals surface area contributed by atoms with Crippen LogP contribution in [0.25, 0.3) is 0 Å². The number of nitro groups is 1. The second kappa shape index (κ2) is 6.47. The maximum Gasteiger partial charge on any atom is 0.274 e. The quantitative estimate of drug-likeness (QED) is 0.655. The van der Waals surface area contributed by atoms with Gasteiger partial charge in [0, 0.05) is 22.2 Å². The van der Waals surface area contributed by atoms with Crippen LogP contribution in [0.15, 0.2) is 35.7 Å². The van der Waals surface area contributed by atoms with Crippen LogP contribution in [-0.4, -0.2) is 10.8 Å². The Kier molecular flexibility index (Phi) is 4.66. The van der Waals surface area contributed by atoms with Crippen molar-refractivity contribution in [2.75, 3.05) is 5.32 Å². The fraction of sp³-hybridized carbons (Fsp3) is 0.214. The van der Waals surface area contributed by atoms with Crippen molar-refractivity contribution < 1.29 is 9.72 Å². The minimum atomic E-state index is -0.782. The number of hydrogen-bond donors (Lipinski definition) is 2. The molecule has 1 aromatic heterocycles. The lowest BCUT2D eigenvalue weighted by molar-refractivity contribution is -0.385. The molecule has 1 heterocycles. The third-order valence-electron chi connectivity index (χ3n) is 3.06. The first-order valence-electron chi connectivity index (χ1n) is 6.40. The largest absolute Gasteiger partial charge is 0.324 e. The molecule has 6 nitrogen and oxygen atoms in total. The van der Waals surface area contributed by atoms with E-state index in [2.05, 4.69) is 5.32 Å². The van der Waals surface area contributed by atoms with Gasteiger partial charge in [0.1, 0.15) is 6.04 Å². The minimum Gasteiger partial charge on any atom is -0.324 e. The highest BCUT2D eigenvalue weighted by atomic mass is 32.1. The van der Waals surface area contributed by atoms with Crippen molar-refractivity contribution in [2.45, 2.75) is 19.4 Å². The lowest BCUT2D eigenvalue weighted by Crippen LogP contribution is -2.27. The molecule has 1 atom stereocenters. The maximum absolute atomic E-state index is 12.0. The van der Waals surface area contributed by atoms with E-state index in [1.807, 2.05) is 18.4 Å². The highest BCUT2D eigenvalue weighted by Crippen LogP contribution is 2.25. The van der Waals surface area contributed by atoms with Crippen LogP contribution in [0.2, 0.25) is 0 Å². The van der Waals surface area contributed by atoms with Gasteiger partial charge in [0.2, 0.25) is 5.91 Å². The van der Waals surface area contributed by atoms with E-state index in [0.717, 1.165) is 4.88 Å². The Morgan fingerprint density at radius 3 is 2.81 bits per heavy atom. The normalized spacial score (nSPS) is 11.9. The Morgan fingerprint density at radius 1 is 1.48 bits per heavy atom. The summed E-state index contributed by atoms with van der Waals surface area (Å²) >= 11 is 1.39. The molecule has 0 aliphatic carbocycles. The molecule has 1 amide bonds. The van der Waals surface area contributed by atoms with Crippen LogP contribution in [0.4, 0.5) is 11.4 Å². The van der Waals surface area contributed by atoms with Crippen molar-refractivity contribution in [3.05, 3.63) is 56.3 Å². The van der Waals surface area contributed by atoms with Crippen molar-refractivity contribution >= 4 is 28.6 Å². The molecule has 0 saturated heterocycles. The van der Waals surface area contributed by atoms with E-state index in [1.165, 1.54) is 17.4 Å². The number of amides is 1. The first kappa shape index (κ1) is 15.1. The smallest absolute Gasteiger partial charge is 0.274 e. The lowest BCUT2D eigenvalue weighted by atomic mass is 10.1. The van der Waals surface area contributed by atoms with Gasteiger partial charge in [-0.2, -0.15) is 0 Å². The fourth-order valence-electron chi connectivity index (χ4n) is 1.93. The van der Waals surface area contributed by atoms with Gasteiger partial charge in [-0.1, -0.05) is 19.1 Å². The van der Waals surface area contributed by atoms with E-state index >= 15 is 0 Å². The van der Waals surface area contributed by atoms with Crippen LogP contribution in [0.3, 0.4) is 0 Å². The van der Waals surface area contributed by atoms with Crippen LogP contribution in [0.1, 0.15) is 23.4 Å². The Labute approximate surface area is 125 Å². The Morgan fingerprint density at radius 2 is 2.24 bits per heavy atom. The molecule has 0 radical (unpaired) electrons. The maximum atomic E-state index is 12.0. The number of benzene rings is 1. The van der Waals surface area contributed by atoms with Crippen molar-refractivity contribution in [2.24, 2.45) is 5.73 Å². The van der Waals surface area contributed by atoms with E-state index in [-0.39, 0.29) is 5.69 Å². The monoisotopic (exact) mass is 305 g/mol. The van der Waals surface area contributed by atoms with Crippen LogP contribution < -0.4 is 11.1 Å². The molecule has 0 bridgehead atoms. The van der Waals surface area contributed by atoms with Gasteiger partial charge in [-0.05, 0) is 23.9 Å². The van der Waals surface area contributed by atoms with E-state index in [1.54, 1.807) is 18.2 Å². The molecule has 0 fully saturated rings.